The van der Waals surface area contributed by atoms with Crippen molar-refractivity contribution in [3.63, 3.8) is 0 Å². The number of carbonyl (C=O) groups is 5. The van der Waals surface area contributed by atoms with E-state index in [1.807, 2.05) is 27.7 Å². The number of likely N-dealkylation sites (N-methyl/N-ethyl adjacent to an activating group) is 1. The Hall–Kier alpha value is -2.65. The van der Waals surface area contributed by atoms with Crippen LogP contribution in [0.1, 0.15) is 53.9 Å². The monoisotopic (exact) mass is 453 g/mol. The quantitative estimate of drug-likeness (QED) is 0.425. The van der Waals surface area contributed by atoms with Crippen LogP contribution in [0.15, 0.2) is 0 Å². The first-order valence-corrected chi connectivity index (χ1v) is 11.2. The van der Waals surface area contributed by atoms with Crippen LogP contribution in [0.3, 0.4) is 0 Å². The smallest absolute Gasteiger partial charge is 0.246 e. The maximum absolute atomic E-state index is 13.0. The van der Waals surface area contributed by atoms with Gasteiger partial charge in [-0.1, -0.05) is 27.7 Å². The zero-order valence-electron chi connectivity index (χ0n) is 20.4. The molecular formula is C22H39N5O5. The van der Waals surface area contributed by atoms with E-state index in [1.165, 1.54) is 16.7 Å². The van der Waals surface area contributed by atoms with Crippen molar-refractivity contribution in [3.8, 4) is 0 Å². The summed E-state index contributed by atoms with van der Waals surface area (Å²) in [5, 5.41) is 7.94. The van der Waals surface area contributed by atoms with Crippen molar-refractivity contribution in [2.75, 3.05) is 27.2 Å². The van der Waals surface area contributed by atoms with E-state index in [1.54, 1.807) is 14.1 Å². The Morgan fingerprint density at radius 3 is 2.16 bits per heavy atom. The molecule has 10 nitrogen and oxygen atoms in total. The van der Waals surface area contributed by atoms with E-state index < -0.39 is 29.9 Å². The van der Waals surface area contributed by atoms with Crippen molar-refractivity contribution in [2.24, 2.45) is 11.8 Å². The van der Waals surface area contributed by atoms with Crippen LogP contribution < -0.4 is 16.0 Å². The summed E-state index contributed by atoms with van der Waals surface area (Å²) >= 11 is 0. The molecule has 0 aromatic heterocycles. The Bertz CT molecular complexity index is 707. The Kier molecular flexibility index (Phi) is 10.6. The highest BCUT2D eigenvalue weighted by Crippen LogP contribution is 2.20. The lowest BCUT2D eigenvalue weighted by Gasteiger charge is -2.30. The minimum atomic E-state index is -0.710. The molecule has 1 heterocycles. The third-order valence-electron chi connectivity index (χ3n) is 5.33. The molecule has 0 aromatic rings. The van der Waals surface area contributed by atoms with Gasteiger partial charge < -0.3 is 25.8 Å². The third-order valence-corrected chi connectivity index (χ3v) is 5.33. The first-order valence-electron chi connectivity index (χ1n) is 11.2. The predicted octanol–water partition coefficient (Wildman–Crippen LogP) is -0.127. The Morgan fingerprint density at radius 2 is 1.66 bits per heavy atom. The number of hydrogen-bond donors (Lipinski definition) is 3. The van der Waals surface area contributed by atoms with E-state index in [0.29, 0.717) is 25.8 Å². The first kappa shape index (κ1) is 27.4. The van der Waals surface area contributed by atoms with Crippen molar-refractivity contribution in [2.45, 2.75) is 72.0 Å². The average molecular weight is 454 g/mol. The van der Waals surface area contributed by atoms with E-state index in [0.717, 1.165) is 0 Å². The molecular weight excluding hydrogens is 414 g/mol. The van der Waals surface area contributed by atoms with Crippen molar-refractivity contribution in [1.82, 2.24) is 25.8 Å². The van der Waals surface area contributed by atoms with Crippen LogP contribution in [-0.2, 0) is 24.0 Å². The molecule has 1 aliphatic rings. The number of nitrogens with one attached hydrogen (secondary N) is 3. The van der Waals surface area contributed by atoms with Crippen LogP contribution in [0.25, 0.3) is 0 Å². The summed E-state index contributed by atoms with van der Waals surface area (Å²) in [5.41, 5.74) is 0. The van der Waals surface area contributed by atoms with Crippen LogP contribution in [0.5, 0.6) is 0 Å². The van der Waals surface area contributed by atoms with Crippen molar-refractivity contribution >= 4 is 29.5 Å². The summed E-state index contributed by atoms with van der Waals surface area (Å²) in [6.45, 7) is 9.06. The number of hydrogen-bond acceptors (Lipinski definition) is 5. The number of amides is 5. The zero-order valence-corrected chi connectivity index (χ0v) is 20.4. The standard InChI is InChI=1S/C22H39N5O5/c1-13(2)11-16(21(31)26(6)7)25-18(29)12-23-20(30)17-9-8-10-27(17)22(32)19(14(3)4)24-15(5)28/h13-14,16-17,19H,8-12H2,1-7H3,(H,23,30)(H,24,28)(H,25,29)/t16-,17+,19-/m1/s1. The lowest BCUT2D eigenvalue weighted by Crippen LogP contribution is -2.56. The molecule has 1 fully saturated rings. The van der Waals surface area contributed by atoms with Gasteiger partial charge in [-0.25, -0.2) is 0 Å². The summed E-state index contributed by atoms with van der Waals surface area (Å²) in [7, 11) is 3.25. The average Bonchev–Trinajstić information content (AvgIpc) is 3.17. The Labute approximate surface area is 190 Å². The second-order valence-electron chi connectivity index (χ2n) is 9.31. The second kappa shape index (κ2) is 12.4. The van der Waals surface area contributed by atoms with Crippen LogP contribution in [0.2, 0.25) is 0 Å². The molecule has 0 saturated carbocycles. The zero-order chi connectivity index (χ0) is 24.6. The predicted molar refractivity (Wildman–Crippen MR) is 120 cm³/mol. The van der Waals surface area contributed by atoms with Crippen LogP contribution >= 0.6 is 0 Å². The summed E-state index contributed by atoms with van der Waals surface area (Å²) in [4.78, 5) is 64.8. The maximum atomic E-state index is 13.0. The molecule has 5 amide bonds. The topological polar surface area (TPSA) is 128 Å². The summed E-state index contributed by atoms with van der Waals surface area (Å²) in [5.74, 6) is -1.63. The molecule has 0 radical (unpaired) electrons. The van der Waals surface area contributed by atoms with Gasteiger partial charge in [0, 0.05) is 27.6 Å². The molecule has 0 aromatic carbocycles. The highest BCUT2D eigenvalue weighted by molar-refractivity contribution is 5.94. The normalized spacial score (nSPS) is 17.7. The molecule has 3 N–H and O–H groups in total. The SMILES string of the molecule is CC(=O)N[C@@H](C(=O)N1CCC[C@H]1C(=O)NCC(=O)N[C@H](CC(C)C)C(=O)N(C)C)C(C)C. The summed E-state index contributed by atoms with van der Waals surface area (Å²) in [6, 6.07) is -2.07. The highest BCUT2D eigenvalue weighted by atomic mass is 16.2. The van der Waals surface area contributed by atoms with Crippen LogP contribution in [-0.4, -0.2) is 84.6 Å². The molecule has 0 spiro atoms. The molecule has 0 bridgehead atoms. The lowest BCUT2D eigenvalue weighted by atomic mass is 10.0. The lowest BCUT2D eigenvalue weighted by molar-refractivity contribution is -0.142. The van der Waals surface area contributed by atoms with Gasteiger partial charge in [0.1, 0.15) is 18.1 Å². The number of carbonyl (C=O) groups excluding carboxylic acids is 5. The molecule has 0 unspecified atom stereocenters. The van der Waals surface area contributed by atoms with E-state index >= 15 is 0 Å². The second-order valence-corrected chi connectivity index (χ2v) is 9.31. The maximum Gasteiger partial charge on any atom is 0.246 e. The van der Waals surface area contributed by atoms with Gasteiger partial charge >= 0.3 is 0 Å². The molecule has 32 heavy (non-hydrogen) atoms. The van der Waals surface area contributed by atoms with Gasteiger partial charge in [0.05, 0.1) is 6.54 Å². The number of likely N-dealkylation sites (tertiary alicyclic amines) is 1. The molecule has 0 aliphatic carbocycles. The van der Waals surface area contributed by atoms with Gasteiger partial charge in [-0.3, -0.25) is 24.0 Å². The minimum absolute atomic E-state index is 0.131. The largest absolute Gasteiger partial charge is 0.347 e. The molecule has 1 saturated heterocycles. The Balaban J connectivity index is 2.73. The van der Waals surface area contributed by atoms with Gasteiger partial charge in [-0.05, 0) is 31.1 Å². The Morgan fingerprint density at radius 1 is 1.03 bits per heavy atom. The van der Waals surface area contributed by atoms with Gasteiger partial charge in [-0.2, -0.15) is 0 Å². The van der Waals surface area contributed by atoms with Crippen LogP contribution in [0, 0.1) is 11.8 Å². The van der Waals surface area contributed by atoms with E-state index in [-0.39, 0.29) is 36.1 Å². The number of rotatable bonds is 10. The van der Waals surface area contributed by atoms with E-state index in [4.69, 9.17) is 0 Å². The van der Waals surface area contributed by atoms with Gasteiger partial charge in [-0.15, -0.1) is 0 Å². The number of nitrogens with zero attached hydrogens (tertiary/aromatic N) is 2. The fourth-order valence-corrected chi connectivity index (χ4v) is 3.75. The van der Waals surface area contributed by atoms with Gasteiger partial charge in [0.25, 0.3) is 0 Å². The van der Waals surface area contributed by atoms with E-state index in [9.17, 15) is 24.0 Å². The van der Waals surface area contributed by atoms with Crippen LogP contribution in [0.4, 0.5) is 0 Å². The fraction of sp³-hybridized carbons (Fsp3) is 0.773. The molecule has 10 heteroatoms. The molecule has 1 aliphatic heterocycles. The first-order chi connectivity index (χ1) is 14.8. The summed E-state index contributed by atoms with van der Waals surface area (Å²) in [6.07, 6.45) is 1.63. The minimum Gasteiger partial charge on any atom is -0.347 e. The molecule has 182 valence electrons. The summed E-state index contributed by atoms with van der Waals surface area (Å²) < 4.78 is 0. The van der Waals surface area contributed by atoms with E-state index in [2.05, 4.69) is 16.0 Å². The van der Waals surface area contributed by atoms with Crippen molar-refractivity contribution < 1.29 is 24.0 Å². The highest BCUT2D eigenvalue weighted by Gasteiger charge is 2.38. The molecule has 3 atom stereocenters. The van der Waals surface area contributed by atoms with Crippen molar-refractivity contribution in [3.05, 3.63) is 0 Å². The third kappa shape index (κ3) is 8.12. The fourth-order valence-electron chi connectivity index (χ4n) is 3.75. The van der Waals surface area contributed by atoms with Crippen molar-refractivity contribution in [1.29, 1.82) is 0 Å². The van der Waals surface area contributed by atoms with Gasteiger partial charge in [0.2, 0.25) is 29.5 Å². The molecule has 1 rings (SSSR count). The van der Waals surface area contributed by atoms with Gasteiger partial charge in [0.15, 0.2) is 0 Å².